The lowest BCUT2D eigenvalue weighted by Gasteiger charge is -2.18. The number of fused-ring (bicyclic) bond motifs is 2. The van der Waals surface area contributed by atoms with Gasteiger partial charge in [-0.05, 0) is 54.2 Å². The Hall–Kier alpha value is -2.62. The standard InChI is InChI=1S/C19H18N2O2/c22-18-10-7-13-11-14(6-8-16(13)20-18)19(23)21-17-9-5-12-3-1-2-4-15(12)17/h1-4,6,8,11,17H,5,7,9-10H2,(H,20,22)(H,21,23). The van der Waals surface area contributed by atoms with Gasteiger partial charge in [0, 0.05) is 17.7 Å². The predicted octanol–water partition coefficient (Wildman–Crippen LogP) is 2.99. The minimum atomic E-state index is -0.0496. The summed E-state index contributed by atoms with van der Waals surface area (Å²) in [5.41, 5.74) is 5.06. The fourth-order valence-electron chi connectivity index (χ4n) is 3.47. The molecule has 4 nitrogen and oxygen atoms in total. The molecule has 116 valence electrons. The molecule has 0 fully saturated rings. The zero-order valence-electron chi connectivity index (χ0n) is 12.8. The minimum absolute atomic E-state index is 0.0391. The zero-order valence-corrected chi connectivity index (χ0v) is 12.8. The van der Waals surface area contributed by atoms with E-state index < -0.39 is 0 Å². The van der Waals surface area contributed by atoms with Crippen molar-refractivity contribution < 1.29 is 9.59 Å². The first-order valence-electron chi connectivity index (χ1n) is 8.02. The highest BCUT2D eigenvalue weighted by molar-refractivity contribution is 5.98. The van der Waals surface area contributed by atoms with Gasteiger partial charge in [-0.25, -0.2) is 0 Å². The monoisotopic (exact) mass is 306 g/mol. The highest BCUT2D eigenvalue weighted by Gasteiger charge is 2.24. The van der Waals surface area contributed by atoms with Gasteiger partial charge >= 0.3 is 0 Å². The van der Waals surface area contributed by atoms with Gasteiger partial charge in [0.25, 0.3) is 5.91 Å². The highest BCUT2D eigenvalue weighted by atomic mass is 16.2. The predicted molar refractivity (Wildman–Crippen MR) is 88.4 cm³/mol. The molecule has 4 rings (SSSR count). The Balaban J connectivity index is 1.53. The highest BCUT2D eigenvalue weighted by Crippen LogP contribution is 2.31. The van der Waals surface area contributed by atoms with Crippen LogP contribution in [0.2, 0.25) is 0 Å². The summed E-state index contributed by atoms with van der Waals surface area (Å²) in [5, 5.41) is 5.98. The van der Waals surface area contributed by atoms with E-state index in [4.69, 9.17) is 0 Å². The van der Waals surface area contributed by atoms with Crippen LogP contribution in [-0.4, -0.2) is 11.8 Å². The molecule has 2 aromatic carbocycles. The lowest BCUT2D eigenvalue weighted by molar-refractivity contribution is -0.116. The van der Waals surface area contributed by atoms with E-state index in [-0.39, 0.29) is 17.9 Å². The average Bonchev–Trinajstić information content (AvgIpc) is 2.97. The van der Waals surface area contributed by atoms with Crippen molar-refractivity contribution in [2.24, 2.45) is 0 Å². The summed E-state index contributed by atoms with van der Waals surface area (Å²) in [6.07, 6.45) is 3.13. The average molecular weight is 306 g/mol. The molecule has 1 aliphatic heterocycles. The minimum Gasteiger partial charge on any atom is -0.345 e. The first-order valence-corrected chi connectivity index (χ1v) is 8.02. The number of amides is 2. The summed E-state index contributed by atoms with van der Waals surface area (Å²) in [4.78, 5) is 24.0. The zero-order chi connectivity index (χ0) is 15.8. The van der Waals surface area contributed by atoms with E-state index in [1.165, 1.54) is 11.1 Å². The van der Waals surface area contributed by atoms with Crippen LogP contribution in [0.5, 0.6) is 0 Å². The van der Waals surface area contributed by atoms with Gasteiger partial charge in [-0.1, -0.05) is 24.3 Å². The van der Waals surface area contributed by atoms with Crippen LogP contribution >= 0.6 is 0 Å². The Morgan fingerprint density at radius 2 is 1.91 bits per heavy atom. The molecule has 0 bridgehead atoms. The van der Waals surface area contributed by atoms with E-state index in [1.807, 2.05) is 24.3 Å². The SMILES string of the molecule is O=C1CCc2cc(C(=O)NC3CCc4ccccc43)ccc2N1. The number of hydrogen-bond acceptors (Lipinski definition) is 2. The van der Waals surface area contributed by atoms with Crippen LogP contribution in [0.25, 0.3) is 0 Å². The Kier molecular flexibility index (Phi) is 3.37. The van der Waals surface area contributed by atoms with Gasteiger partial charge in [0.2, 0.25) is 5.91 Å². The van der Waals surface area contributed by atoms with Crippen molar-refractivity contribution in [1.29, 1.82) is 0 Å². The number of carbonyl (C=O) groups is 2. The van der Waals surface area contributed by atoms with Crippen LogP contribution in [0, 0.1) is 0 Å². The molecule has 0 aromatic heterocycles. The maximum atomic E-state index is 12.6. The van der Waals surface area contributed by atoms with Gasteiger partial charge in [-0.3, -0.25) is 9.59 Å². The van der Waals surface area contributed by atoms with Crippen molar-refractivity contribution in [1.82, 2.24) is 5.32 Å². The lowest BCUT2D eigenvalue weighted by Crippen LogP contribution is -2.27. The summed E-state index contributed by atoms with van der Waals surface area (Å²) in [7, 11) is 0. The molecule has 0 spiro atoms. The summed E-state index contributed by atoms with van der Waals surface area (Å²) in [5.74, 6) is -0.0105. The van der Waals surface area contributed by atoms with Gasteiger partial charge in [-0.2, -0.15) is 0 Å². The number of carbonyl (C=O) groups excluding carboxylic acids is 2. The molecule has 2 amide bonds. The number of benzene rings is 2. The van der Waals surface area contributed by atoms with Crippen molar-refractivity contribution in [2.75, 3.05) is 5.32 Å². The van der Waals surface area contributed by atoms with Crippen LogP contribution < -0.4 is 10.6 Å². The summed E-state index contributed by atoms with van der Waals surface area (Å²) in [6.45, 7) is 0. The molecule has 23 heavy (non-hydrogen) atoms. The quantitative estimate of drug-likeness (QED) is 0.896. The molecule has 1 unspecified atom stereocenters. The van der Waals surface area contributed by atoms with E-state index in [0.717, 1.165) is 24.1 Å². The van der Waals surface area contributed by atoms with Crippen LogP contribution in [-0.2, 0) is 17.6 Å². The van der Waals surface area contributed by atoms with Crippen molar-refractivity contribution in [3.8, 4) is 0 Å². The second kappa shape index (κ2) is 5.54. The molecule has 0 radical (unpaired) electrons. The molecule has 1 atom stereocenters. The molecule has 0 saturated carbocycles. The van der Waals surface area contributed by atoms with E-state index in [9.17, 15) is 9.59 Å². The largest absolute Gasteiger partial charge is 0.345 e. The first-order chi connectivity index (χ1) is 11.2. The van der Waals surface area contributed by atoms with Crippen molar-refractivity contribution >= 4 is 17.5 Å². The summed E-state index contributed by atoms with van der Waals surface area (Å²) < 4.78 is 0. The molecule has 2 aromatic rings. The molecule has 1 aliphatic carbocycles. The van der Waals surface area contributed by atoms with Crippen LogP contribution in [0.3, 0.4) is 0 Å². The third kappa shape index (κ3) is 2.61. The third-order valence-electron chi connectivity index (χ3n) is 4.70. The second-order valence-electron chi connectivity index (χ2n) is 6.18. The number of hydrogen-bond donors (Lipinski definition) is 2. The molecular weight excluding hydrogens is 288 g/mol. The van der Waals surface area contributed by atoms with Gasteiger partial charge in [0.05, 0.1) is 6.04 Å². The Bertz CT molecular complexity index is 798. The summed E-state index contributed by atoms with van der Waals surface area (Å²) >= 11 is 0. The Labute approximate surface area is 134 Å². The fraction of sp³-hybridized carbons (Fsp3) is 0.263. The molecule has 2 aliphatic rings. The number of aryl methyl sites for hydroxylation is 2. The fourth-order valence-corrected chi connectivity index (χ4v) is 3.47. The van der Waals surface area contributed by atoms with E-state index in [2.05, 4.69) is 22.8 Å². The lowest BCUT2D eigenvalue weighted by atomic mass is 10.00. The molecular formula is C19H18N2O2. The van der Waals surface area contributed by atoms with Gasteiger partial charge in [0.1, 0.15) is 0 Å². The van der Waals surface area contributed by atoms with Crippen LogP contribution in [0.4, 0.5) is 5.69 Å². The Morgan fingerprint density at radius 3 is 2.83 bits per heavy atom. The van der Waals surface area contributed by atoms with Gasteiger partial charge < -0.3 is 10.6 Å². The van der Waals surface area contributed by atoms with Crippen LogP contribution in [0.1, 0.15) is 45.9 Å². The van der Waals surface area contributed by atoms with Gasteiger partial charge in [0.15, 0.2) is 0 Å². The van der Waals surface area contributed by atoms with Crippen molar-refractivity contribution in [2.45, 2.75) is 31.7 Å². The molecule has 2 N–H and O–H groups in total. The molecule has 1 heterocycles. The van der Waals surface area contributed by atoms with Crippen molar-refractivity contribution in [3.63, 3.8) is 0 Å². The maximum absolute atomic E-state index is 12.6. The van der Waals surface area contributed by atoms with Crippen molar-refractivity contribution in [3.05, 3.63) is 64.7 Å². The number of rotatable bonds is 2. The summed E-state index contributed by atoms with van der Waals surface area (Å²) in [6, 6.07) is 13.9. The first kappa shape index (κ1) is 14.0. The van der Waals surface area contributed by atoms with E-state index in [1.54, 1.807) is 6.07 Å². The van der Waals surface area contributed by atoms with Crippen LogP contribution in [0.15, 0.2) is 42.5 Å². The van der Waals surface area contributed by atoms with E-state index in [0.29, 0.717) is 18.4 Å². The second-order valence-corrected chi connectivity index (χ2v) is 6.18. The maximum Gasteiger partial charge on any atom is 0.251 e. The Morgan fingerprint density at radius 1 is 1.04 bits per heavy atom. The van der Waals surface area contributed by atoms with Gasteiger partial charge in [-0.15, -0.1) is 0 Å². The number of nitrogens with one attached hydrogen (secondary N) is 2. The molecule has 0 saturated heterocycles. The normalized spacial score (nSPS) is 18.8. The molecule has 4 heteroatoms. The third-order valence-corrected chi connectivity index (χ3v) is 4.70. The number of anilines is 1. The topological polar surface area (TPSA) is 58.2 Å². The van der Waals surface area contributed by atoms with E-state index >= 15 is 0 Å². The smallest absolute Gasteiger partial charge is 0.251 e.